The highest BCUT2D eigenvalue weighted by Gasteiger charge is 2.26. The predicted octanol–water partition coefficient (Wildman–Crippen LogP) is 1.18. The van der Waals surface area contributed by atoms with Gasteiger partial charge in [0, 0.05) is 12.1 Å². The summed E-state index contributed by atoms with van der Waals surface area (Å²) in [6.45, 7) is 2.06. The van der Waals surface area contributed by atoms with Crippen LogP contribution in [0.25, 0.3) is 0 Å². The van der Waals surface area contributed by atoms with Gasteiger partial charge in [0.2, 0.25) is 5.91 Å². The van der Waals surface area contributed by atoms with Crippen molar-refractivity contribution < 1.29 is 9.90 Å². The fourth-order valence-corrected chi connectivity index (χ4v) is 2.64. The fraction of sp³-hybridized carbons (Fsp3) is 0.471. The normalized spacial score (nSPS) is 15.4. The summed E-state index contributed by atoms with van der Waals surface area (Å²) < 4.78 is 1.56. The number of nitrogens with one attached hydrogen (secondary N) is 1. The Balaban J connectivity index is 1.55. The molecule has 2 N–H and O–H groups in total. The van der Waals surface area contributed by atoms with Gasteiger partial charge < -0.3 is 10.4 Å². The lowest BCUT2D eigenvalue weighted by Gasteiger charge is -2.17. The van der Waals surface area contributed by atoms with Crippen LogP contribution < -0.4 is 5.32 Å². The third-order valence-electron chi connectivity index (χ3n) is 4.17. The lowest BCUT2D eigenvalue weighted by atomic mass is 10.0. The highest BCUT2D eigenvalue weighted by molar-refractivity contribution is 5.76. The molecule has 0 radical (unpaired) electrons. The zero-order valence-corrected chi connectivity index (χ0v) is 13.3. The Bertz CT molecular complexity index is 679. The van der Waals surface area contributed by atoms with Crippen LogP contribution in [-0.2, 0) is 17.8 Å². The van der Waals surface area contributed by atoms with Crippen molar-refractivity contribution in [3.8, 4) is 0 Å². The topological polar surface area (TPSA) is 80.0 Å². The van der Waals surface area contributed by atoms with E-state index in [4.69, 9.17) is 0 Å². The first-order chi connectivity index (χ1) is 11.2. The van der Waals surface area contributed by atoms with E-state index in [1.165, 1.54) is 0 Å². The first-order valence-electron chi connectivity index (χ1n) is 8.00. The molecule has 1 unspecified atom stereocenters. The number of rotatable bonds is 7. The van der Waals surface area contributed by atoms with Crippen LogP contribution in [-0.4, -0.2) is 38.7 Å². The summed E-state index contributed by atoms with van der Waals surface area (Å²) in [6, 6.07) is 7.69. The second-order valence-electron chi connectivity index (χ2n) is 6.19. The highest BCUT2D eigenvalue weighted by atomic mass is 16.3. The summed E-state index contributed by atoms with van der Waals surface area (Å²) in [5.41, 5.74) is 3.26. The van der Waals surface area contributed by atoms with Gasteiger partial charge in [-0.1, -0.05) is 29.5 Å². The van der Waals surface area contributed by atoms with E-state index < -0.39 is 0 Å². The van der Waals surface area contributed by atoms with Crippen molar-refractivity contribution in [2.75, 3.05) is 6.61 Å². The van der Waals surface area contributed by atoms with Gasteiger partial charge in [0.25, 0.3) is 0 Å². The molecular formula is C17H22N4O2. The molecule has 1 aliphatic rings. The molecule has 1 aromatic carbocycles. The number of benzene rings is 1. The minimum absolute atomic E-state index is 0.0925. The maximum absolute atomic E-state index is 12.1. The molecule has 3 rings (SSSR count). The number of aliphatic hydroxyl groups is 1. The standard InChI is InChI=1S/C17H22N4O2/c1-12-4-2-3-5-14(12)8-15(11-22)18-17(23)10-21-9-16(19-20-21)13-6-7-13/h2-5,9,13,15,22H,6-8,10-11H2,1H3,(H,18,23). The van der Waals surface area contributed by atoms with Gasteiger partial charge in [-0.25, -0.2) is 4.68 Å². The van der Waals surface area contributed by atoms with Crippen molar-refractivity contribution in [2.45, 2.75) is 44.7 Å². The number of hydrogen-bond acceptors (Lipinski definition) is 4. The second kappa shape index (κ2) is 6.91. The molecule has 6 nitrogen and oxygen atoms in total. The average Bonchev–Trinajstić information content (AvgIpc) is 3.29. The number of carbonyl (C=O) groups is 1. The van der Waals surface area contributed by atoms with Gasteiger partial charge >= 0.3 is 0 Å². The molecule has 0 saturated heterocycles. The van der Waals surface area contributed by atoms with E-state index in [1.807, 2.05) is 37.4 Å². The number of hydrogen-bond donors (Lipinski definition) is 2. The molecule has 2 aromatic rings. The Morgan fingerprint density at radius 3 is 2.91 bits per heavy atom. The molecular weight excluding hydrogens is 292 g/mol. The van der Waals surface area contributed by atoms with Crippen LogP contribution in [0.4, 0.5) is 0 Å². The van der Waals surface area contributed by atoms with Crippen molar-refractivity contribution >= 4 is 5.91 Å². The van der Waals surface area contributed by atoms with Crippen LogP contribution in [0.15, 0.2) is 30.5 Å². The van der Waals surface area contributed by atoms with E-state index in [9.17, 15) is 9.90 Å². The molecule has 1 amide bonds. The summed E-state index contributed by atoms with van der Waals surface area (Å²) in [5, 5.41) is 20.5. The smallest absolute Gasteiger partial charge is 0.242 e. The predicted molar refractivity (Wildman–Crippen MR) is 85.9 cm³/mol. The molecule has 6 heteroatoms. The zero-order chi connectivity index (χ0) is 16.2. The molecule has 0 spiro atoms. The molecule has 0 aliphatic heterocycles. The Labute approximate surface area is 135 Å². The Hall–Kier alpha value is -2.21. The van der Waals surface area contributed by atoms with Gasteiger partial charge in [-0.2, -0.15) is 0 Å². The SMILES string of the molecule is Cc1ccccc1CC(CO)NC(=O)Cn1cc(C2CC2)nn1. The Kier molecular flexibility index (Phi) is 4.71. The van der Waals surface area contributed by atoms with Crippen molar-refractivity contribution in [2.24, 2.45) is 0 Å². The maximum Gasteiger partial charge on any atom is 0.242 e. The fourth-order valence-electron chi connectivity index (χ4n) is 2.64. The summed E-state index contributed by atoms with van der Waals surface area (Å²) in [5.74, 6) is 0.364. The largest absolute Gasteiger partial charge is 0.394 e. The first-order valence-corrected chi connectivity index (χ1v) is 8.00. The van der Waals surface area contributed by atoms with Crippen molar-refractivity contribution in [1.82, 2.24) is 20.3 Å². The monoisotopic (exact) mass is 314 g/mol. The average molecular weight is 314 g/mol. The number of amides is 1. The van der Waals surface area contributed by atoms with Crippen LogP contribution in [0.5, 0.6) is 0 Å². The molecule has 23 heavy (non-hydrogen) atoms. The molecule has 1 aromatic heterocycles. The van der Waals surface area contributed by atoms with E-state index in [1.54, 1.807) is 4.68 Å². The molecule has 1 atom stereocenters. The molecule has 0 bridgehead atoms. The summed E-state index contributed by atoms with van der Waals surface area (Å²) >= 11 is 0. The van der Waals surface area contributed by atoms with E-state index in [0.29, 0.717) is 12.3 Å². The van der Waals surface area contributed by atoms with Crippen molar-refractivity contribution in [1.29, 1.82) is 0 Å². The molecule has 122 valence electrons. The number of aryl methyl sites for hydroxylation is 1. The van der Waals surface area contributed by atoms with E-state index in [0.717, 1.165) is 29.7 Å². The van der Waals surface area contributed by atoms with Crippen LogP contribution in [0.1, 0.15) is 35.6 Å². The van der Waals surface area contributed by atoms with Gasteiger partial charge in [0.1, 0.15) is 6.54 Å². The number of nitrogens with zero attached hydrogens (tertiary/aromatic N) is 3. The van der Waals surface area contributed by atoms with Gasteiger partial charge in [-0.15, -0.1) is 5.10 Å². The number of aliphatic hydroxyl groups excluding tert-OH is 1. The summed E-state index contributed by atoms with van der Waals surface area (Å²) in [6.07, 6.45) is 4.77. The molecule has 1 heterocycles. The summed E-state index contributed by atoms with van der Waals surface area (Å²) in [7, 11) is 0. The zero-order valence-electron chi connectivity index (χ0n) is 13.3. The molecule has 1 aliphatic carbocycles. The summed E-state index contributed by atoms with van der Waals surface area (Å²) in [4.78, 5) is 12.1. The van der Waals surface area contributed by atoms with Crippen molar-refractivity contribution in [3.63, 3.8) is 0 Å². The molecule has 1 fully saturated rings. The Morgan fingerprint density at radius 2 is 2.22 bits per heavy atom. The molecule has 1 saturated carbocycles. The number of aromatic nitrogens is 3. The van der Waals surface area contributed by atoms with Gasteiger partial charge in [0.05, 0.1) is 18.3 Å². The third-order valence-corrected chi connectivity index (χ3v) is 4.17. The van der Waals surface area contributed by atoms with Crippen LogP contribution in [0.2, 0.25) is 0 Å². The Morgan fingerprint density at radius 1 is 1.43 bits per heavy atom. The lowest BCUT2D eigenvalue weighted by Crippen LogP contribution is -2.41. The van der Waals surface area contributed by atoms with Gasteiger partial charge in [-0.3, -0.25) is 4.79 Å². The van der Waals surface area contributed by atoms with E-state index >= 15 is 0 Å². The lowest BCUT2D eigenvalue weighted by molar-refractivity contribution is -0.122. The van der Waals surface area contributed by atoms with Gasteiger partial charge in [-0.05, 0) is 37.3 Å². The number of carbonyl (C=O) groups excluding carboxylic acids is 1. The van der Waals surface area contributed by atoms with Crippen LogP contribution >= 0.6 is 0 Å². The van der Waals surface area contributed by atoms with Gasteiger partial charge in [0.15, 0.2) is 0 Å². The van der Waals surface area contributed by atoms with Crippen molar-refractivity contribution in [3.05, 3.63) is 47.3 Å². The highest BCUT2D eigenvalue weighted by Crippen LogP contribution is 2.38. The third kappa shape index (κ3) is 4.16. The van der Waals surface area contributed by atoms with Crippen LogP contribution in [0.3, 0.4) is 0 Å². The van der Waals surface area contributed by atoms with Crippen LogP contribution in [0, 0.1) is 6.92 Å². The first kappa shape index (κ1) is 15.7. The second-order valence-corrected chi connectivity index (χ2v) is 6.19. The minimum atomic E-state index is -0.296. The quantitative estimate of drug-likeness (QED) is 0.804. The van der Waals surface area contributed by atoms with E-state index in [2.05, 4.69) is 15.6 Å². The minimum Gasteiger partial charge on any atom is -0.394 e. The maximum atomic E-state index is 12.1. The van der Waals surface area contributed by atoms with E-state index in [-0.39, 0.29) is 25.1 Å².